The third-order valence-electron chi connectivity index (χ3n) is 7.82. The Kier molecular flexibility index (Phi) is 6.14. The molecule has 1 aliphatic carbocycles. The molecule has 4 heterocycles. The molecule has 1 aliphatic heterocycles. The molecule has 2 aliphatic rings. The zero-order valence-corrected chi connectivity index (χ0v) is 21.1. The largest absolute Gasteiger partial charge is 0.329 e. The van der Waals surface area contributed by atoms with Gasteiger partial charge in [-0.3, -0.25) is 0 Å². The first-order valence-electron chi connectivity index (χ1n) is 12.3. The molecule has 2 atom stereocenters. The van der Waals surface area contributed by atoms with Crippen molar-refractivity contribution in [3.05, 3.63) is 64.6 Å². The molecule has 176 valence electrons. The first-order valence-corrected chi connectivity index (χ1v) is 13.6. The maximum Gasteiger partial charge on any atom is 0.224 e. The van der Waals surface area contributed by atoms with E-state index in [0.29, 0.717) is 11.3 Å². The van der Waals surface area contributed by atoms with Crippen molar-refractivity contribution >= 4 is 34.0 Å². The highest BCUT2D eigenvalue weighted by molar-refractivity contribution is 7.13. The third-order valence-corrected chi connectivity index (χ3v) is 8.93. The van der Waals surface area contributed by atoms with Gasteiger partial charge in [-0.15, -0.1) is 11.3 Å². The molecule has 0 amide bonds. The first-order chi connectivity index (χ1) is 16.6. The number of benzene rings is 1. The number of hydrogen-bond acceptors (Lipinski definition) is 5. The highest BCUT2D eigenvalue weighted by Gasteiger charge is 2.34. The molecule has 7 heteroatoms. The van der Waals surface area contributed by atoms with Gasteiger partial charge in [0.25, 0.3) is 0 Å². The van der Waals surface area contributed by atoms with Gasteiger partial charge in [0.05, 0.1) is 5.69 Å². The van der Waals surface area contributed by atoms with E-state index < -0.39 is 0 Å². The Morgan fingerprint density at radius 3 is 2.68 bits per heavy atom. The summed E-state index contributed by atoms with van der Waals surface area (Å²) >= 11 is 7.96. The molecular formula is C27H30ClN5S. The van der Waals surface area contributed by atoms with Crippen molar-refractivity contribution in [2.24, 2.45) is 11.8 Å². The molecule has 6 rings (SSSR count). The summed E-state index contributed by atoms with van der Waals surface area (Å²) < 4.78 is 2.38. The molecule has 1 aromatic carbocycles. The van der Waals surface area contributed by atoms with Gasteiger partial charge >= 0.3 is 0 Å². The second-order valence-electron chi connectivity index (χ2n) is 10.0. The van der Waals surface area contributed by atoms with E-state index in [1.807, 2.05) is 6.20 Å². The van der Waals surface area contributed by atoms with E-state index in [4.69, 9.17) is 16.6 Å². The maximum absolute atomic E-state index is 6.26. The maximum atomic E-state index is 6.26. The predicted molar refractivity (Wildman–Crippen MR) is 139 cm³/mol. The zero-order chi connectivity index (χ0) is 23.1. The Morgan fingerprint density at radius 2 is 1.85 bits per heavy atom. The van der Waals surface area contributed by atoms with E-state index in [0.717, 1.165) is 45.6 Å². The average Bonchev–Trinajstić information content (AvgIpc) is 3.59. The van der Waals surface area contributed by atoms with Crippen LogP contribution in [0.3, 0.4) is 0 Å². The molecule has 0 N–H and O–H groups in total. The summed E-state index contributed by atoms with van der Waals surface area (Å²) in [5, 5.41) is 4.57. The molecule has 2 unspecified atom stereocenters. The van der Waals surface area contributed by atoms with Gasteiger partial charge in [-0.2, -0.15) is 4.98 Å². The molecule has 0 radical (unpaired) electrons. The Balaban J connectivity index is 1.28. The van der Waals surface area contributed by atoms with Crippen LogP contribution in [0.25, 0.3) is 21.6 Å². The van der Waals surface area contributed by atoms with Crippen LogP contribution in [-0.4, -0.2) is 44.6 Å². The average molecular weight is 492 g/mol. The SMILES string of the molecule is CN1CCC(C2CCC(n3cc(-c4nc(Cc5ccccc5)cs4)c4cnc(Cl)nc43)C2)CC1. The summed E-state index contributed by atoms with van der Waals surface area (Å²) in [7, 11) is 2.24. The van der Waals surface area contributed by atoms with E-state index in [1.165, 1.54) is 50.8 Å². The summed E-state index contributed by atoms with van der Waals surface area (Å²) in [6, 6.07) is 11.0. The monoisotopic (exact) mass is 491 g/mol. The highest BCUT2D eigenvalue weighted by Crippen LogP contribution is 2.44. The fourth-order valence-corrected chi connectivity index (χ4v) is 6.92. The number of thiazole rings is 1. The fourth-order valence-electron chi connectivity index (χ4n) is 5.95. The summed E-state index contributed by atoms with van der Waals surface area (Å²) in [6.45, 7) is 2.47. The minimum absolute atomic E-state index is 0.312. The number of halogens is 1. The van der Waals surface area contributed by atoms with E-state index in [9.17, 15) is 0 Å². The van der Waals surface area contributed by atoms with Crippen LogP contribution < -0.4 is 0 Å². The van der Waals surface area contributed by atoms with Crippen molar-refractivity contribution in [2.45, 2.75) is 44.6 Å². The van der Waals surface area contributed by atoms with Crippen LogP contribution in [0.5, 0.6) is 0 Å². The van der Waals surface area contributed by atoms with Crippen LogP contribution in [0.4, 0.5) is 0 Å². The Bertz CT molecular complexity index is 1270. The lowest BCUT2D eigenvalue weighted by molar-refractivity contribution is 0.170. The summed E-state index contributed by atoms with van der Waals surface area (Å²) in [5.41, 5.74) is 4.45. The van der Waals surface area contributed by atoms with Gasteiger partial charge < -0.3 is 9.47 Å². The topological polar surface area (TPSA) is 46.8 Å². The van der Waals surface area contributed by atoms with E-state index >= 15 is 0 Å². The van der Waals surface area contributed by atoms with Crippen molar-refractivity contribution in [3.63, 3.8) is 0 Å². The summed E-state index contributed by atoms with van der Waals surface area (Å²) in [6.07, 6.45) is 11.4. The quantitative estimate of drug-likeness (QED) is 0.300. The Labute approximate surface area is 209 Å². The van der Waals surface area contributed by atoms with Gasteiger partial charge in [0.2, 0.25) is 5.28 Å². The standard InChI is InChI=1S/C27H30ClN5S/c1-32-11-9-19(10-12-32)20-7-8-22(14-20)33-16-24(23-15-29-27(28)31-25(23)33)26-30-21(17-34-26)13-18-5-3-2-4-6-18/h2-6,15-17,19-20,22H,7-14H2,1H3. The van der Waals surface area contributed by atoms with Crippen molar-refractivity contribution in [2.75, 3.05) is 20.1 Å². The Morgan fingerprint density at radius 1 is 1.03 bits per heavy atom. The molecule has 1 saturated heterocycles. The predicted octanol–water partition coefficient (Wildman–Crippen LogP) is 6.48. The molecule has 34 heavy (non-hydrogen) atoms. The highest BCUT2D eigenvalue weighted by atomic mass is 35.5. The van der Waals surface area contributed by atoms with Crippen LogP contribution in [-0.2, 0) is 6.42 Å². The van der Waals surface area contributed by atoms with Gasteiger partial charge in [0, 0.05) is 41.2 Å². The first kappa shape index (κ1) is 22.2. The molecule has 5 nitrogen and oxygen atoms in total. The van der Waals surface area contributed by atoms with Gasteiger partial charge in [0.15, 0.2) is 0 Å². The number of piperidine rings is 1. The lowest BCUT2D eigenvalue weighted by Gasteiger charge is -2.32. The number of aromatic nitrogens is 4. The van der Waals surface area contributed by atoms with Crippen molar-refractivity contribution in [3.8, 4) is 10.6 Å². The number of fused-ring (bicyclic) bond motifs is 1. The molecular weight excluding hydrogens is 462 g/mol. The van der Waals surface area contributed by atoms with Crippen LogP contribution in [0.15, 0.2) is 48.1 Å². The van der Waals surface area contributed by atoms with Crippen molar-refractivity contribution < 1.29 is 0 Å². The number of nitrogens with zero attached hydrogens (tertiary/aromatic N) is 5. The molecule has 2 fully saturated rings. The number of rotatable bonds is 5. The van der Waals surface area contributed by atoms with Crippen molar-refractivity contribution in [1.29, 1.82) is 0 Å². The zero-order valence-electron chi connectivity index (χ0n) is 19.5. The van der Waals surface area contributed by atoms with Gasteiger partial charge in [0.1, 0.15) is 10.7 Å². The van der Waals surface area contributed by atoms with Gasteiger partial charge in [-0.25, -0.2) is 9.97 Å². The van der Waals surface area contributed by atoms with Crippen LogP contribution in [0.1, 0.15) is 49.4 Å². The number of hydrogen-bond donors (Lipinski definition) is 0. The molecule has 3 aromatic heterocycles. The van der Waals surface area contributed by atoms with Crippen LogP contribution in [0.2, 0.25) is 5.28 Å². The van der Waals surface area contributed by atoms with Gasteiger partial charge in [-0.05, 0) is 81.2 Å². The molecule has 0 spiro atoms. The normalized spacial score (nSPS) is 22.1. The van der Waals surface area contributed by atoms with Crippen molar-refractivity contribution in [1.82, 2.24) is 24.4 Å². The van der Waals surface area contributed by atoms with E-state index in [2.05, 4.69) is 68.4 Å². The fraction of sp³-hybridized carbons (Fsp3) is 0.444. The lowest BCUT2D eigenvalue weighted by Crippen LogP contribution is -2.32. The smallest absolute Gasteiger partial charge is 0.224 e. The van der Waals surface area contributed by atoms with Crippen LogP contribution in [0, 0.1) is 11.8 Å². The second kappa shape index (κ2) is 9.40. The number of likely N-dealkylation sites (tertiary alicyclic amines) is 1. The summed E-state index contributed by atoms with van der Waals surface area (Å²) in [5.74, 6) is 1.68. The summed E-state index contributed by atoms with van der Waals surface area (Å²) in [4.78, 5) is 16.5. The lowest BCUT2D eigenvalue weighted by atomic mass is 9.83. The Hall–Kier alpha value is -2.28. The molecule has 0 bridgehead atoms. The minimum atomic E-state index is 0.312. The van der Waals surface area contributed by atoms with Gasteiger partial charge in [-0.1, -0.05) is 30.3 Å². The second-order valence-corrected chi connectivity index (χ2v) is 11.2. The van der Waals surface area contributed by atoms with E-state index in [1.54, 1.807) is 11.3 Å². The molecule has 4 aromatic rings. The molecule has 1 saturated carbocycles. The minimum Gasteiger partial charge on any atom is -0.329 e. The van der Waals surface area contributed by atoms with Crippen LogP contribution >= 0.6 is 22.9 Å². The third kappa shape index (κ3) is 4.39. The van der Waals surface area contributed by atoms with E-state index in [-0.39, 0.29) is 0 Å².